The highest BCUT2D eigenvalue weighted by Crippen LogP contribution is 2.29. The predicted molar refractivity (Wildman–Crippen MR) is 42.7 cm³/mol. The molecule has 0 saturated carbocycles. The van der Waals surface area contributed by atoms with Crippen molar-refractivity contribution in [1.82, 2.24) is 0 Å². The van der Waals surface area contributed by atoms with Gasteiger partial charge in [-0.2, -0.15) is 5.26 Å². The highest BCUT2D eigenvalue weighted by atomic mass is 28.4. The molecule has 0 aromatic rings. The van der Waals surface area contributed by atoms with Gasteiger partial charge in [0, 0.05) is 0 Å². The first-order chi connectivity index (χ1) is 4.88. The van der Waals surface area contributed by atoms with Crippen molar-refractivity contribution in [2.24, 2.45) is 5.92 Å². The fraction of sp³-hybridized carbons (Fsp3) is 0.857. The summed E-state index contributed by atoms with van der Waals surface area (Å²) in [5, 5.41) is 8.42. The summed E-state index contributed by atoms with van der Waals surface area (Å²) in [5.74, 6) is 0.179. The van der Waals surface area contributed by atoms with Crippen LogP contribution in [0, 0.1) is 17.2 Å². The molecule has 0 aromatic heterocycles. The monoisotopic (exact) mass is 177 g/mol. The zero-order valence-corrected chi connectivity index (χ0v) is 8.06. The lowest BCUT2D eigenvalue weighted by atomic mass is 10.1. The average Bonchev–Trinajstić information content (AvgIpc) is 1.79. The summed E-state index contributed by atoms with van der Waals surface area (Å²) in [7, 11) is -4.21. The maximum absolute atomic E-state index is 12.7. The first-order valence-corrected chi connectivity index (χ1v) is 5.98. The molecular weight excluding hydrogens is 164 g/mol. The van der Waals surface area contributed by atoms with E-state index in [0.717, 1.165) is 6.55 Å². The Morgan fingerprint density at radius 2 is 1.91 bits per heavy atom. The summed E-state index contributed by atoms with van der Waals surface area (Å²) in [6.07, 6.45) is 0.326. The lowest BCUT2D eigenvalue weighted by Gasteiger charge is -2.15. The third-order valence-corrected chi connectivity index (χ3v) is 3.06. The Morgan fingerprint density at radius 3 is 2.00 bits per heavy atom. The van der Waals surface area contributed by atoms with E-state index in [1.165, 1.54) is 0 Å². The number of nitriles is 1. The Bertz CT molecular complexity index is 157. The SMILES string of the molecule is CC(C)CC(C#N)[Si](C)(F)F. The molecule has 0 N–H and O–H groups in total. The van der Waals surface area contributed by atoms with Gasteiger partial charge < -0.3 is 0 Å². The van der Waals surface area contributed by atoms with Gasteiger partial charge >= 0.3 is 8.74 Å². The third kappa shape index (κ3) is 4.09. The van der Waals surface area contributed by atoms with Crippen molar-refractivity contribution in [1.29, 1.82) is 5.26 Å². The van der Waals surface area contributed by atoms with Crippen molar-refractivity contribution < 1.29 is 8.22 Å². The molecule has 0 saturated heterocycles. The second kappa shape index (κ2) is 3.81. The number of halogens is 2. The van der Waals surface area contributed by atoms with Crippen LogP contribution < -0.4 is 0 Å². The predicted octanol–water partition coefficient (Wildman–Crippen LogP) is 2.94. The van der Waals surface area contributed by atoms with E-state index in [-0.39, 0.29) is 5.92 Å². The van der Waals surface area contributed by atoms with Crippen molar-refractivity contribution in [2.75, 3.05) is 0 Å². The van der Waals surface area contributed by atoms with Crippen molar-refractivity contribution in [3.63, 3.8) is 0 Å². The molecule has 0 heterocycles. The topological polar surface area (TPSA) is 23.8 Å². The molecular formula is C7H13F2NSi. The summed E-state index contributed by atoms with van der Waals surface area (Å²) in [6.45, 7) is 4.64. The van der Waals surface area contributed by atoms with Crippen LogP contribution in [0.3, 0.4) is 0 Å². The van der Waals surface area contributed by atoms with Gasteiger partial charge in [-0.1, -0.05) is 13.8 Å². The van der Waals surface area contributed by atoms with Crippen LogP contribution in [-0.2, 0) is 0 Å². The molecule has 1 atom stereocenters. The maximum atomic E-state index is 12.7. The van der Waals surface area contributed by atoms with Crippen molar-refractivity contribution in [3.8, 4) is 6.07 Å². The standard InChI is InChI=1S/C7H13F2NSi/c1-6(2)4-7(5-10)11(3,8)9/h6-7H,4H2,1-3H3. The van der Waals surface area contributed by atoms with Crippen molar-refractivity contribution in [2.45, 2.75) is 32.4 Å². The van der Waals surface area contributed by atoms with Crippen LogP contribution in [0.2, 0.25) is 12.1 Å². The van der Waals surface area contributed by atoms with Crippen LogP contribution in [0.25, 0.3) is 0 Å². The second-order valence-electron chi connectivity index (χ2n) is 3.27. The molecule has 0 aliphatic carbocycles. The highest BCUT2D eigenvalue weighted by Gasteiger charge is 2.39. The van der Waals surface area contributed by atoms with E-state index in [4.69, 9.17) is 5.26 Å². The van der Waals surface area contributed by atoms with E-state index in [2.05, 4.69) is 0 Å². The quantitative estimate of drug-likeness (QED) is 0.480. The minimum atomic E-state index is -4.21. The van der Waals surface area contributed by atoms with Gasteiger partial charge in [0.25, 0.3) is 0 Å². The van der Waals surface area contributed by atoms with E-state index in [1.54, 1.807) is 6.07 Å². The summed E-state index contributed by atoms with van der Waals surface area (Å²) < 4.78 is 25.3. The molecule has 0 rings (SSSR count). The Kier molecular flexibility index (Phi) is 3.66. The average molecular weight is 177 g/mol. The fourth-order valence-electron chi connectivity index (χ4n) is 0.844. The molecule has 0 fully saturated rings. The van der Waals surface area contributed by atoms with Gasteiger partial charge in [-0.05, 0) is 18.9 Å². The summed E-state index contributed by atoms with van der Waals surface area (Å²) in [6, 6.07) is 1.69. The van der Waals surface area contributed by atoms with Crippen LogP contribution in [-0.4, -0.2) is 8.74 Å². The molecule has 0 aliphatic heterocycles. The van der Waals surface area contributed by atoms with E-state index in [1.807, 2.05) is 13.8 Å². The molecule has 0 aliphatic rings. The van der Waals surface area contributed by atoms with E-state index < -0.39 is 14.3 Å². The van der Waals surface area contributed by atoms with Gasteiger partial charge in [0.2, 0.25) is 0 Å². The van der Waals surface area contributed by atoms with E-state index >= 15 is 0 Å². The molecule has 1 unspecified atom stereocenters. The lowest BCUT2D eigenvalue weighted by molar-refractivity contribution is 0.519. The number of hydrogen-bond acceptors (Lipinski definition) is 1. The maximum Gasteiger partial charge on any atom is 0.438 e. The van der Waals surface area contributed by atoms with Crippen LogP contribution in [0.15, 0.2) is 0 Å². The number of rotatable bonds is 3. The molecule has 0 spiro atoms. The second-order valence-corrected chi connectivity index (χ2v) is 5.88. The zero-order chi connectivity index (χ0) is 9.07. The van der Waals surface area contributed by atoms with Gasteiger partial charge in [0.15, 0.2) is 0 Å². The van der Waals surface area contributed by atoms with Gasteiger partial charge in [-0.3, -0.25) is 8.22 Å². The van der Waals surface area contributed by atoms with Gasteiger partial charge in [0.05, 0.1) is 11.6 Å². The van der Waals surface area contributed by atoms with Crippen molar-refractivity contribution >= 4 is 8.74 Å². The third-order valence-electron chi connectivity index (χ3n) is 1.47. The Balaban J connectivity index is 4.11. The molecule has 11 heavy (non-hydrogen) atoms. The molecule has 64 valence electrons. The molecule has 0 amide bonds. The van der Waals surface area contributed by atoms with E-state index in [9.17, 15) is 8.22 Å². The van der Waals surface area contributed by atoms with Crippen molar-refractivity contribution in [3.05, 3.63) is 0 Å². The first-order valence-electron chi connectivity index (χ1n) is 3.65. The highest BCUT2D eigenvalue weighted by molar-refractivity contribution is 6.67. The molecule has 4 heteroatoms. The summed E-state index contributed by atoms with van der Waals surface area (Å²) in [4.78, 5) is 0. The minimum Gasteiger partial charge on any atom is -0.269 e. The summed E-state index contributed by atoms with van der Waals surface area (Å²) in [5.41, 5.74) is -0.998. The largest absolute Gasteiger partial charge is 0.438 e. The van der Waals surface area contributed by atoms with Crippen LogP contribution in [0.1, 0.15) is 20.3 Å². The number of hydrogen-bond donors (Lipinski definition) is 0. The normalized spacial score (nSPS) is 14.6. The van der Waals surface area contributed by atoms with Gasteiger partial charge in [0.1, 0.15) is 0 Å². The van der Waals surface area contributed by atoms with Crippen LogP contribution >= 0.6 is 0 Å². The minimum absolute atomic E-state index is 0.179. The first kappa shape index (κ1) is 10.6. The Hall–Kier alpha value is -0.433. The molecule has 0 bridgehead atoms. The van der Waals surface area contributed by atoms with Gasteiger partial charge in [-0.25, -0.2) is 0 Å². The van der Waals surface area contributed by atoms with Crippen LogP contribution in [0.5, 0.6) is 0 Å². The van der Waals surface area contributed by atoms with Crippen LogP contribution in [0.4, 0.5) is 8.22 Å². The van der Waals surface area contributed by atoms with Gasteiger partial charge in [-0.15, -0.1) is 0 Å². The molecule has 1 nitrogen and oxygen atoms in total. The summed E-state index contributed by atoms with van der Waals surface area (Å²) >= 11 is 0. The Morgan fingerprint density at radius 1 is 1.45 bits per heavy atom. The zero-order valence-electron chi connectivity index (χ0n) is 7.06. The molecule has 0 aromatic carbocycles. The van der Waals surface area contributed by atoms with E-state index in [0.29, 0.717) is 6.42 Å². The number of nitrogens with zero attached hydrogens (tertiary/aromatic N) is 1. The molecule has 0 radical (unpaired) electrons. The smallest absolute Gasteiger partial charge is 0.269 e. The Labute approximate surface area is 67.4 Å². The lowest BCUT2D eigenvalue weighted by Crippen LogP contribution is -2.25. The fourth-order valence-corrected chi connectivity index (χ4v) is 1.96.